The average Bonchev–Trinajstić information content (AvgIpc) is 2.84. The van der Waals surface area contributed by atoms with Gasteiger partial charge in [-0.1, -0.05) is 27.7 Å². The van der Waals surface area contributed by atoms with Crippen LogP contribution in [0.3, 0.4) is 0 Å². The van der Waals surface area contributed by atoms with Crippen molar-refractivity contribution in [3.05, 3.63) is 23.4 Å². The van der Waals surface area contributed by atoms with E-state index in [0.717, 1.165) is 38.5 Å². The van der Waals surface area contributed by atoms with E-state index in [1.54, 1.807) is 0 Å². The topological polar surface area (TPSA) is 28.2 Å². The molecule has 1 atom stereocenters. The van der Waals surface area contributed by atoms with Crippen molar-refractivity contribution in [2.45, 2.75) is 47.1 Å². The Morgan fingerprint density at radius 1 is 1.40 bits per heavy atom. The highest BCUT2D eigenvalue weighted by molar-refractivity contribution is 5.44. The number of pyridine rings is 1. The average molecular weight is 275 g/mol. The van der Waals surface area contributed by atoms with E-state index in [4.69, 9.17) is 4.98 Å². The number of anilines is 1. The van der Waals surface area contributed by atoms with E-state index in [-0.39, 0.29) is 0 Å². The van der Waals surface area contributed by atoms with Gasteiger partial charge in [-0.3, -0.25) is 0 Å². The van der Waals surface area contributed by atoms with Gasteiger partial charge in [-0.2, -0.15) is 0 Å². The highest BCUT2D eigenvalue weighted by Gasteiger charge is 2.20. The monoisotopic (exact) mass is 275 g/mol. The maximum atomic E-state index is 4.81. The summed E-state index contributed by atoms with van der Waals surface area (Å²) in [5.41, 5.74) is 2.58. The molecule has 112 valence electrons. The number of rotatable bonds is 6. The maximum Gasteiger partial charge on any atom is 0.129 e. The molecule has 1 saturated heterocycles. The molecule has 1 aliphatic rings. The van der Waals surface area contributed by atoms with Crippen molar-refractivity contribution in [1.82, 2.24) is 10.3 Å². The van der Waals surface area contributed by atoms with Crippen molar-refractivity contribution in [3.63, 3.8) is 0 Å². The van der Waals surface area contributed by atoms with Crippen LogP contribution in [0.25, 0.3) is 0 Å². The van der Waals surface area contributed by atoms with E-state index in [1.165, 1.54) is 23.5 Å². The number of hydrogen-bond donors (Lipinski definition) is 1. The second-order valence-electron chi connectivity index (χ2n) is 6.54. The molecule has 3 nitrogen and oxygen atoms in total. The number of aromatic nitrogens is 1. The van der Waals surface area contributed by atoms with E-state index >= 15 is 0 Å². The third kappa shape index (κ3) is 4.20. The molecule has 1 aromatic rings. The second kappa shape index (κ2) is 7.07. The minimum Gasteiger partial charge on any atom is -0.356 e. The van der Waals surface area contributed by atoms with Gasteiger partial charge in [0.2, 0.25) is 0 Å². The lowest BCUT2D eigenvalue weighted by Crippen LogP contribution is -2.22. The summed E-state index contributed by atoms with van der Waals surface area (Å²) in [5, 5.41) is 3.53. The molecule has 0 aromatic carbocycles. The molecule has 1 fully saturated rings. The SMILES string of the molecule is CCc1cc(CNCC(C)C)cc(N2CCC(C)C2)n1. The van der Waals surface area contributed by atoms with Gasteiger partial charge >= 0.3 is 0 Å². The van der Waals surface area contributed by atoms with Gasteiger partial charge in [0.25, 0.3) is 0 Å². The number of nitrogens with one attached hydrogen (secondary N) is 1. The van der Waals surface area contributed by atoms with Gasteiger partial charge in [0.1, 0.15) is 5.82 Å². The number of nitrogens with zero attached hydrogens (tertiary/aromatic N) is 2. The smallest absolute Gasteiger partial charge is 0.129 e. The largest absolute Gasteiger partial charge is 0.356 e. The summed E-state index contributed by atoms with van der Waals surface area (Å²) in [7, 11) is 0. The summed E-state index contributed by atoms with van der Waals surface area (Å²) in [6.45, 7) is 13.3. The Labute approximate surface area is 123 Å². The lowest BCUT2D eigenvalue weighted by molar-refractivity contribution is 0.552. The molecule has 1 N–H and O–H groups in total. The first-order chi connectivity index (χ1) is 9.58. The Balaban J connectivity index is 2.07. The van der Waals surface area contributed by atoms with E-state index in [0.29, 0.717) is 5.92 Å². The quantitative estimate of drug-likeness (QED) is 0.864. The first-order valence-corrected chi connectivity index (χ1v) is 8.04. The van der Waals surface area contributed by atoms with Crippen LogP contribution in [0.1, 0.15) is 45.4 Å². The standard InChI is InChI=1S/C17H29N3/c1-5-16-8-15(11-18-10-13(2)3)9-17(19-16)20-7-6-14(4)12-20/h8-9,13-14,18H,5-7,10-12H2,1-4H3. The third-order valence-corrected chi connectivity index (χ3v) is 3.92. The molecule has 3 heteroatoms. The molecule has 1 unspecified atom stereocenters. The summed E-state index contributed by atoms with van der Waals surface area (Å²) in [5.74, 6) is 2.67. The normalized spacial score (nSPS) is 19.1. The molecular weight excluding hydrogens is 246 g/mol. The predicted molar refractivity (Wildman–Crippen MR) is 86.2 cm³/mol. The lowest BCUT2D eigenvalue weighted by Gasteiger charge is -2.19. The van der Waals surface area contributed by atoms with Gasteiger partial charge in [-0.05, 0) is 48.9 Å². The minimum absolute atomic E-state index is 0.696. The van der Waals surface area contributed by atoms with Crippen molar-refractivity contribution >= 4 is 5.82 Å². The second-order valence-corrected chi connectivity index (χ2v) is 6.54. The van der Waals surface area contributed by atoms with Crippen molar-refractivity contribution in [1.29, 1.82) is 0 Å². The Morgan fingerprint density at radius 2 is 2.20 bits per heavy atom. The summed E-state index contributed by atoms with van der Waals surface area (Å²) < 4.78 is 0. The fraction of sp³-hybridized carbons (Fsp3) is 0.706. The van der Waals surface area contributed by atoms with Gasteiger partial charge < -0.3 is 10.2 Å². The van der Waals surface area contributed by atoms with E-state index in [9.17, 15) is 0 Å². The van der Waals surface area contributed by atoms with Crippen molar-refractivity contribution in [2.24, 2.45) is 11.8 Å². The third-order valence-electron chi connectivity index (χ3n) is 3.92. The molecule has 0 aliphatic carbocycles. The van der Waals surface area contributed by atoms with Crippen LogP contribution in [0.15, 0.2) is 12.1 Å². The Hall–Kier alpha value is -1.09. The molecule has 0 radical (unpaired) electrons. The summed E-state index contributed by atoms with van der Waals surface area (Å²) in [6.07, 6.45) is 2.30. The van der Waals surface area contributed by atoms with Crippen LogP contribution < -0.4 is 10.2 Å². The van der Waals surface area contributed by atoms with E-state index in [2.05, 4.69) is 50.0 Å². The Kier molecular flexibility index (Phi) is 5.41. The lowest BCUT2D eigenvalue weighted by atomic mass is 10.1. The number of hydrogen-bond acceptors (Lipinski definition) is 3. The van der Waals surface area contributed by atoms with Gasteiger partial charge in [0.05, 0.1) is 0 Å². The maximum absolute atomic E-state index is 4.81. The highest BCUT2D eigenvalue weighted by atomic mass is 15.2. The number of aryl methyl sites for hydroxylation is 1. The Morgan fingerprint density at radius 3 is 2.80 bits per heavy atom. The molecule has 2 rings (SSSR count). The molecule has 0 spiro atoms. The van der Waals surface area contributed by atoms with Crippen LogP contribution in [-0.4, -0.2) is 24.6 Å². The van der Waals surface area contributed by atoms with Crippen LogP contribution in [0.2, 0.25) is 0 Å². The van der Waals surface area contributed by atoms with Gasteiger partial charge in [0, 0.05) is 25.3 Å². The fourth-order valence-corrected chi connectivity index (χ4v) is 2.73. The minimum atomic E-state index is 0.696. The zero-order valence-electron chi connectivity index (χ0n) is 13.4. The van der Waals surface area contributed by atoms with Crippen LogP contribution >= 0.6 is 0 Å². The summed E-state index contributed by atoms with van der Waals surface area (Å²) in [4.78, 5) is 7.25. The zero-order valence-corrected chi connectivity index (χ0v) is 13.4. The van der Waals surface area contributed by atoms with E-state index < -0.39 is 0 Å². The molecule has 2 heterocycles. The van der Waals surface area contributed by atoms with Crippen molar-refractivity contribution in [2.75, 3.05) is 24.5 Å². The van der Waals surface area contributed by atoms with Crippen LogP contribution in [0.5, 0.6) is 0 Å². The molecule has 0 bridgehead atoms. The molecule has 0 amide bonds. The molecule has 1 aromatic heterocycles. The Bertz CT molecular complexity index is 428. The fourth-order valence-electron chi connectivity index (χ4n) is 2.73. The van der Waals surface area contributed by atoms with Crippen molar-refractivity contribution in [3.8, 4) is 0 Å². The van der Waals surface area contributed by atoms with Crippen LogP contribution in [-0.2, 0) is 13.0 Å². The van der Waals surface area contributed by atoms with Gasteiger partial charge in [-0.15, -0.1) is 0 Å². The van der Waals surface area contributed by atoms with Gasteiger partial charge in [-0.25, -0.2) is 4.98 Å². The van der Waals surface area contributed by atoms with Crippen molar-refractivity contribution < 1.29 is 0 Å². The van der Waals surface area contributed by atoms with Crippen LogP contribution in [0, 0.1) is 11.8 Å². The first kappa shape index (κ1) is 15.3. The molecule has 1 aliphatic heterocycles. The first-order valence-electron chi connectivity index (χ1n) is 8.04. The molecule has 0 saturated carbocycles. The molecular formula is C17H29N3. The molecule has 20 heavy (non-hydrogen) atoms. The zero-order chi connectivity index (χ0) is 14.5. The van der Waals surface area contributed by atoms with Gasteiger partial charge in [0.15, 0.2) is 0 Å². The summed E-state index contributed by atoms with van der Waals surface area (Å²) >= 11 is 0. The van der Waals surface area contributed by atoms with Crippen LogP contribution in [0.4, 0.5) is 5.82 Å². The highest BCUT2D eigenvalue weighted by Crippen LogP contribution is 2.23. The summed E-state index contributed by atoms with van der Waals surface area (Å²) in [6, 6.07) is 4.51. The van der Waals surface area contributed by atoms with E-state index in [1.807, 2.05) is 0 Å². The predicted octanol–water partition coefficient (Wildman–Crippen LogP) is 3.24.